The number of thioether (sulfide) groups is 1. The van der Waals surface area contributed by atoms with E-state index in [9.17, 15) is 19.5 Å². The maximum Gasteiger partial charge on any atom is 0.336 e. The Morgan fingerprint density at radius 3 is 2.24 bits per heavy atom. The van der Waals surface area contributed by atoms with Crippen molar-refractivity contribution in [3.8, 4) is 11.5 Å². The summed E-state index contributed by atoms with van der Waals surface area (Å²) >= 11 is 0.861. The number of ether oxygens (including phenoxy) is 1. The van der Waals surface area contributed by atoms with Gasteiger partial charge in [-0.15, -0.1) is 0 Å². The van der Waals surface area contributed by atoms with E-state index in [1.807, 2.05) is 32.0 Å². The second kappa shape index (κ2) is 9.80. The van der Waals surface area contributed by atoms with Crippen LogP contribution in [-0.4, -0.2) is 22.2 Å². The minimum absolute atomic E-state index is 0.166. The summed E-state index contributed by atoms with van der Waals surface area (Å²) in [5.41, 5.74) is 4.38. The monoisotopic (exact) mass is 471 g/mol. The number of rotatable bonds is 6. The first-order valence-corrected chi connectivity index (χ1v) is 11.2. The Morgan fingerprint density at radius 2 is 1.62 bits per heavy atom. The van der Waals surface area contributed by atoms with E-state index in [-0.39, 0.29) is 10.8 Å². The number of hydrogen-bond donors (Lipinski definition) is 2. The van der Waals surface area contributed by atoms with E-state index in [1.54, 1.807) is 60.7 Å². The van der Waals surface area contributed by atoms with Crippen LogP contribution in [0.15, 0.2) is 71.6 Å². The molecule has 0 unspecified atom stereocenters. The van der Waals surface area contributed by atoms with Gasteiger partial charge in [0.25, 0.3) is 11.1 Å². The average molecular weight is 472 g/mol. The van der Waals surface area contributed by atoms with E-state index < -0.39 is 11.9 Å². The van der Waals surface area contributed by atoms with Crippen LogP contribution in [0.4, 0.5) is 4.79 Å². The summed E-state index contributed by atoms with van der Waals surface area (Å²) in [5, 5.41) is 11.7. The molecule has 2 N–H and O–H groups in total. The quantitative estimate of drug-likeness (QED) is 0.336. The predicted molar refractivity (Wildman–Crippen MR) is 133 cm³/mol. The number of amides is 2. The van der Waals surface area contributed by atoms with Gasteiger partial charge in [0.15, 0.2) is 0 Å². The van der Waals surface area contributed by atoms with Gasteiger partial charge in [-0.2, -0.15) is 0 Å². The van der Waals surface area contributed by atoms with E-state index >= 15 is 0 Å². The molecule has 2 amide bonds. The highest BCUT2D eigenvalue weighted by Crippen LogP contribution is 2.29. The zero-order valence-corrected chi connectivity index (χ0v) is 19.3. The summed E-state index contributed by atoms with van der Waals surface area (Å²) in [6.45, 7) is 3.95. The lowest BCUT2D eigenvalue weighted by Crippen LogP contribution is -2.17. The molecule has 0 radical (unpaired) electrons. The van der Waals surface area contributed by atoms with E-state index in [1.165, 1.54) is 0 Å². The predicted octanol–water partition coefficient (Wildman–Crippen LogP) is 6.04. The Bertz CT molecular complexity index is 1340. The molecule has 4 rings (SSSR count). The van der Waals surface area contributed by atoms with Crippen molar-refractivity contribution in [2.24, 2.45) is 0 Å². The normalized spacial score (nSPS) is 14.9. The number of benzene rings is 3. The van der Waals surface area contributed by atoms with Gasteiger partial charge in [0, 0.05) is 0 Å². The molecule has 0 aromatic heterocycles. The van der Waals surface area contributed by atoms with Crippen molar-refractivity contribution in [2.75, 3.05) is 0 Å². The smallest absolute Gasteiger partial charge is 0.336 e. The molecule has 1 aliphatic rings. The molecular weight excluding hydrogens is 450 g/mol. The second-order valence-electron chi connectivity index (χ2n) is 7.84. The number of carbonyl (C=O) groups is 3. The summed E-state index contributed by atoms with van der Waals surface area (Å²) in [6.07, 6.45) is 3.29. The fraction of sp³-hybridized carbons (Fsp3) is 0.0741. The molecule has 0 bridgehead atoms. The van der Waals surface area contributed by atoms with Crippen LogP contribution in [0.2, 0.25) is 0 Å². The van der Waals surface area contributed by atoms with Crippen LogP contribution in [-0.2, 0) is 9.59 Å². The molecule has 3 aromatic carbocycles. The van der Waals surface area contributed by atoms with Crippen LogP contribution in [0.25, 0.3) is 17.7 Å². The minimum Gasteiger partial charge on any atom is -0.478 e. The summed E-state index contributed by atoms with van der Waals surface area (Å²) in [6, 6.07) is 19.8. The number of aryl methyl sites for hydroxylation is 2. The van der Waals surface area contributed by atoms with Crippen molar-refractivity contribution in [1.29, 1.82) is 0 Å². The Kier molecular flexibility index (Phi) is 6.65. The largest absolute Gasteiger partial charge is 0.478 e. The van der Waals surface area contributed by atoms with Crippen LogP contribution in [0.1, 0.15) is 27.8 Å². The lowest BCUT2D eigenvalue weighted by atomic mass is 10.0. The number of carbonyl (C=O) groups excluding carboxylic acids is 2. The van der Waals surface area contributed by atoms with Gasteiger partial charge in [0.05, 0.1) is 10.5 Å². The molecule has 1 fully saturated rings. The Morgan fingerprint density at radius 1 is 0.912 bits per heavy atom. The van der Waals surface area contributed by atoms with Crippen molar-refractivity contribution in [1.82, 2.24) is 5.32 Å². The standard InChI is InChI=1S/C27H21NO5S/c1-16-10-17(2)12-19(11-16)13-23(26(30)31)20-4-3-5-22(15-20)33-21-8-6-18(7-9-21)14-24-25(29)28-27(32)34-24/h3-15H,1-2H3,(H,30,31)(H,28,29,32). The summed E-state index contributed by atoms with van der Waals surface area (Å²) < 4.78 is 5.92. The van der Waals surface area contributed by atoms with Crippen molar-refractivity contribution in [3.05, 3.63) is 99.5 Å². The molecule has 170 valence electrons. The van der Waals surface area contributed by atoms with Gasteiger partial charge in [-0.3, -0.25) is 14.9 Å². The van der Waals surface area contributed by atoms with Crippen molar-refractivity contribution < 1.29 is 24.2 Å². The molecule has 7 heteroatoms. The second-order valence-corrected chi connectivity index (χ2v) is 8.85. The third kappa shape index (κ3) is 5.63. The van der Waals surface area contributed by atoms with Gasteiger partial charge in [-0.1, -0.05) is 53.6 Å². The lowest BCUT2D eigenvalue weighted by Gasteiger charge is -2.09. The van der Waals surface area contributed by atoms with Crippen molar-refractivity contribution >= 4 is 46.6 Å². The van der Waals surface area contributed by atoms with Gasteiger partial charge in [-0.05, 0) is 78.7 Å². The van der Waals surface area contributed by atoms with Gasteiger partial charge in [0.2, 0.25) is 0 Å². The highest BCUT2D eigenvalue weighted by Gasteiger charge is 2.24. The molecule has 1 saturated heterocycles. The first-order valence-electron chi connectivity index (χ1n) is 10.4. The highest BCUT2D eigenvalue weighted by molar-refractivity contribution is 8.18. The molecule has 3 aromatic rings. The first-order chi connectivity index (χ1) is 16.3. The van der Waals surface area contributed by atoms with E-state index in [2.05, 4.69) is 5.32 Å². The number of aliphatic carboxylic acids is 1. The average Bonchev–Trinajstić information content (AvgIpc) is 3.09. The van der Waals surface area contributed by atoms with Gasteiger partial charge < -0.3 is 9.84 Å². The third-order valence-electron chi connectivity index (χ3n) is 4.99. The molecule has 34 heavy (non-hydrogen) atoms. The Labute approximate surface area is 201 Å². The molecule has 1 heterocycles. The zero-order valence-electron chi connectivity index (χ0n) is 18.5. The topological polar surface area (TPSA) is 92.7 Å². The van der Waals surface area contributed by atoms with Gasteiger partial charge in [0.1, 0.15) is 11.5 Å². The van der Waals surface area contributed by atoms with Gasteiger partial charge in [-0.25, -0.2) is 4.79 Å². The number of carboxylic acids is 1. The van der Waals surface area contributed by atoms with Crippen LogP contribution in [0.5, 0.6) is 11.5 Å². The summed E-state index contributed by atoms with van der Waals surface area (Å²) in [5.74, 6) is -0.391. The third-order valence-corrected chi connectivity index (χ3v) is 5.80. The molecular formula is C27H21NO5S. The maximum absolute atomic E-state index is 12.0. The zero-order chi connectivity index (χ0) is 24.2. The number of carboxylic acid groups (broad SMARTS) is 1. The fourth-order valence-corrected chi connectivity index (χ4v) is 4.28. The molecule has 0 atom stereocenters. The molecule has 0 spiro atoms. The minimum atomic E-state index is -1.03. The molecule has 6 nitrogen and oxygen atoms in total. The maximum atomic E-state index is 12.0. The summed E-state index contributed by atoms with van der Waals surface area (Å²) in [4.78, 5) is 35.3. The van der Waals surface area contributed by atoms with Crippen LogP contribution in [0.3, 0.4) is 0 Å². The van der Waals surface area contributed by atoms with Crippen LogP contribution in [0, 0.1) is 13.8 Å². The Balaban J connectivity index is 1.55. The van der Waals surface area contributed by atoms with E-state index in [4.69, 9.17) is 4.74 Å². The van der Waals surface area contributed by atoms with Crippen molar-refractivity contribution in [3.63, 3.8) is 0 Å². The number of imide groups is 1. The highest BCUT2D eigenvalue weighted by atomic mass is 32.2. The SMILES string of the molecule is Cc1cc(C)cc(C=C(C(=O)O)c2cccc(Oc3ccc(C=C4SC(=O)NC4=O)cc3)c2)c1. The lowest BCUT2D eigenvalue weighted by molar-refractivity contribution is -0.130. The molecule has 0 saturated carbocycles. The van der Waals surface area contributed by atoms with Crippen LogP contribution >= 0.6 is 11.8 Å². The van der Waals surface area contributed by atoms with E-state index in [0.717, 1.165) is 34.0 Å². The fourth-order valence-electron chi connectivity index (χ4n) is 3.60. The number of nitrogens with one attached hydrogen (secondary N) is 1. The molecule has 1 aliphatic heterocycles. The Hall–Kier alpha value is -4.10. The van der Waals surface area contributed by atoms with Gasteiger partial charge >= 0.3 is 5.97 Å². The number of hydrogen-bond acceptors (Lipinski definition) is 5. The van der Waals surface area contributed by atoms with E-state index in [0.29, 0.717) is 22.0 Å². The summed E-state index contributed by atoms with van der Waals surface area (Å²) in [7, 11) is 0. The van der Waals surface area contributed by atoms with Crippen molar-refractivity contribution in [2.45, 2.75) is 13.8 Å². The van der Waals surface area contributed by atoms with Crippen LogP contribution < -0.4 is 10.1 Å². The first kappa shape index (κ1) is 23.1. The molecule has 0 aliphatic carbocycles.